The summed E-state index contributed by atoms with van der Waals surface area (Å²) in [6.45, 7) is 4.45. The molecule has 0 saturated heterocycles. The van der Waals surface area contributed by atoms with E-state index in [9.17, 15) is 19.8 Å². The number of hydrogen-bond donors (Lipinski definition) is 2. The standard InChI is InChI=1S/C15H27NO5.Na/c1-2-3-4-5-6-7-10-16(13-17,11-8-14(18)19)12-9-15(20)21;/h2,17H,1,3-13H2,(H-,18,19,20,21);/q;+1. The number of carboxylic acids is 2. The third kappa shape index (κ3) is 12.2. The van der Waals surface area contributed by atoms with Crippen LogP contribution in [-0.2, 0) is 9.59 Å². The quantitative estimate of drug-likeness (QED) is 0.121. The predicted molar refractivity (Wildman–Crippen MR) is 77.1 cm³/mol. The van der Waals surface area contributed by atoms with Crippen LogP contribution in [0.5, 0.6) is 0 Å². The summed E-state index contributed by atoms with van der Waals surface area (Å²) in [6.07, 6.45) is 6.54. The normalized spacial score (nSPS) is 13.0. The summed E-state index contributed by atoms with van der Waals surface area (Å²) in [5.74, 6) is -2.11. The maximum absolute atomic E-state index is 10.7. The van der Waals surface area contributed by atoms with Crippen LogP contribution in [0.4, 0.5) is 0 Å². The summed E-state index contributed by atoms with van der Waals surface area (Å²) in [4.78, 5) is 21.3. The fourth-order valence-corrected chi connectivity index (χ4v) is 2.30. The van der Waals surface area contributed by atoms with Crippen molar-refractivity contribution in [2.45, 2.75) is 44.9 Å². The van der Waals surface area contributed by atoms with Crippen molar-refractivity contribution >= 4 is 11.9 Å². The summed E-state index contributed by atoms with van der Waals surface area (Å²) >= 11 is 0. The molecule has 0 aromatic carbocycles. The molecule has 122 valence electrons. The molecule has 1 unspecified atom stereocenters. The van der Waals surface area contributed by atoms with Crippen molar-refractivity contribution in [2.24, 2.45) is 0 Å². The van der Waals surface area contributed by atoms with Gasteiger partial charge in [0.25, 0.3) is 0 Å². The van der Waals surface area contributed by atoms with Crippen LogP contribution >= 0.6 is 0 Å². The van der Waals surface area contributed by atoms with E-state index in [-0.39, 0.29) is 66.7 Å². The second-order valence-electron chi connectivity index (χ2n) is 5.41. The first-order valence-corrected chi connectivity index (χ1v) is 7.44. The molecule has 0 aliphatic heterocycles. The molecule has 7 heteroatoms. The van der Waals surface area contributed by atoms with Crippen molar-refractivity contribution in [1.29, 1.82) is 0 Å². The Hall–Kier alpha value is -0.400. The number of hydrogen-bond acceptors (Lipinski definition) is 4. The third-order valence-corrected chi connectivity index (χ3v) is 3.68. The zero-order valence-electron chi connectivity index (χ0n) is 13.6. The Morgan fingerprint density at radius 2 is 1.64 bits per heavy atom. The van der Waals surface area contributed by atoms with Crippen molar-refractivity contribution in [1.82, 2.24) is 0 Å². The Morgan fingerprint density at radius 3 is 2.14 bits per heavy atom. The maximum atomic E-state index is 10.7. The van der Waals surface area contributed by atoms with Crippen LogP contribution in [-0.4, -0.2) is 53.0 Å². The van der Waals surface area contributed by atoms with E-state index in [1.54, 1.807) is 0 Å². The fourth-order valence-electron chi connectivity index (χ4n) is 2.30. The van der Waals surface area contributed by atoms with Gasteiger partial charge in [-0.25, -0.2) is 0 Å². The Labute approximate surface area is 154 Å². The Bertz CT molecular complexity index is 318. The van der Waals surface area contributed by atoms with Gasteiger partial charge in [0.15, 0.2) is 6.73 Å². The molecule has 0 spiro atoms. The zero-order chi connectivity index (χ0) is 16.1. The topological polar surface area (TPSA) is 97.7 Å². The van der Waals surface area contributed by atoms with E-state index < -0.39 is 11.9 Å². The average molecular weight is 324 g/mol. The van der Waals surface area contributed by atoms with Crippen LogP contribution in [0.15, 0.2) is 12.7 Å². The molecule has 0 saturated carbocycles. The number of carboxylic acid groups (broad SMARTS) is 2. The molecule has 0 aliphatic carbocycles. The molecule has 0 heterocycles. The maximum Gasteiger partial charge on any atom is 1.00 e. The van der Waals surface area contributed by atoms with E-state index in [0.717, 1.165) is 32.1 Å². The molecule has 0 radical (unpaired) electrons. The van der Waals surface area contributed by atoms with E-state index in [0.29, 0.717) is 6.54 Å². The van der Waals surface area contributed by atoms with Crippen LogP contribution in [0.2, 0.25) is 0 Å². The number of rotatable bonds is 14. The number of aliphatic hydroxyl groups excluding tert-OH is 1. The Balaban J connectivity index is 0. The number of aliphatic hydroxyl groups is 1. The van der Waals surface area contributed by atoms with Gasteiger partial charge in [0.05, 0.1) is 26.1 Å². The summed E-state index contributed by atoms with van der Waals surface area (Å²) in [7, 11) is 0. The largest absolute Gasteiger partial charge is 1.00 e. The molecule has 1 atom stereocenters. The summed E-state index contributed by atoms with van der Waals surface area (Å²) in [5.41, 5.74) is 0. The molecule has 0 aromatic rings. The van der Waals surface area contributed by atoms with Crippen LogP contribution in [0, 0.1) is 0 Å². The molecule has 0 amide bonds. The van der Waals surface area contributed by atoms with Gasteiger partial charge in [-0.1, -0.05) is 12.5 Å². The van der Waals surface area contributed by atoms with Gasteiger partial charge in [-0.15, -0.1) is 6.58 Å². The monoisotopic (exact) mass is 324 g/mol. The number of unbranched alkanes of at least 4 members (excludes halogenated alkanes) is 4. The van der Waals surface area contributed by atoms with Gasteiger partial charge in [-0.05, 0) is 25.7 Å². The Morgan fingerprint density at radius 1 is 1.05 bits per heavy atom. The average Bonchev–Trinajstić information content (AvgIpc) is 2.45. The van der Waals surface area contributed by atoms with E-state index in [4.69, 9.17) is 5.11 Å². The van der Waals surface area contributed by atoms with Crippen molar-refractivity contribution in [2.75, 3.05) is 26.4 Å². The van der Waals surface area contributed by atoms with Crippen LogP contribution in [0.3, 0.4) is 0 Å². The summed E-state index contributed by atoms with van der Waals surface area (Å²) in [5, 5.41) is 29.0. The molecule has 0 aromatic heterocycles. The van der Waals surface area contributed by atoms with E-state index in [1.807, 2.05) is 6.08 Å². The van der Waals surface area contributed by atoms with E-state index in [2.05, 4.69) is 6.58 Å². The summed E-state index contributed by atoms with van der Waals surface area (Å²) in [6, 6.07) is 0. The smallest absolute Gasteiger partial charge is 0.550 e. The van der Waals surface area contributed by atoms with Crippen molar-refractivity contribution < 1.29 is 58.9 Å². The minimum atomic E-state index is -1.17. The van der Waals surface area contributed by atoms with E-state index >= 15 is 0 Å². The summed E-state index contributed by atoms with van der Waals surface area (Å²) < 4.78 is 0.113. The number of aliphatic carboxylic acids is 2. The van der Waals surface area contributed by atoms with Crippen molar-refractivity contribution in [3.8, 4) is 0 Å². The first kappa shape index (κ1) is 23.9. The molecule has 0 aliphatic rings. The fraction of sp³-hybridized carbons (Fsp3) is 0.733. The Kier molecular flexibility index (Phi) is 15.4. The number of carbonyl (C=O) groups is 2. The van der Waals surface area contributed by atoms with Crippen molar-refractivity contribution in [3.05, 3.63) is 12.7 Å². The molecule has 2 N–H and O–H groups in total. The van der Waals surface area contributed by atoms with Gasteiger partial charge < -0.3 is 24.6 Å². The SMILES string of the molecule is C=CCCCCCC[N+](CO)(CCC(=O)[O-])CCC(=O)O.[Na+]. The van der Waals surface area contributed by atoms with Gasteiger partial charge in [-0.3, -0.25) is 4.79 Å². The molecule has 0 rings (SSSR count). The van der Waals surface area contributed by atoms with Gasteiger partial charge in [0, 0.05) is 12.4 Å². The van der Waals surface area contributed by atoms with Gasteiger partial charge >= 0.3 is 35.5 Å². The molecule has 6 nitrogen and oxygen atoms in total. The van der Waals surface area contributed by atoms with E-state index in [1.165, 1.54) is 0 Å². The van der Waals surface area contributed by atoms with Gasteiger partial charge in [0.2, 0.25) is 0 Å². The van der Waals surface area contributed by atoms with Crippen LogP contribution in [0.1, 0.15) is 44.9 Å². The number of carbonyl (C=O) groups excluding carboxylic acids is 1. The first-order valence-electron chi connectivity index (χ1n) is 7.44. The molecule has 0 fully saturated rings. The minimum absolute atomic E-state index is 0. The first-order chi connectivity index (χ1) is 9.95. The number of quaternary nitrogens is 1. The van der Waals surface area contributed by atoms with Gasteiger partial charge in [-0.2, -0.15) is 0 Å². The molecular weight excluding hydrogens is 297 g/mol. The zero-order valence-corrected chi connectivity index (χ0v) is 15.6. The predicted octanol–water partition coefficient (Wildman–Crippen LogP) is -2.49. The van der Waals surface area contributed by atoms with Crippen molar-refractivity contribution in [3.63, 3.8) is 0 Å². The third-order valence-electron chi connectivity index (χ3n) is 3.68. The number of allylic oxidation sites excluding steroid dienone is 1. The molecular formula is C15H27NNaO5+. The molecule has 22 heavy (non-hydrogen) atoms. The molecule has 0 bridgehead atoms. The second kappa shape index (κ2) is 14.2. The minimum Gasteiger partial charge on any atom is -0.550 e. The number of nitrogens with zero attached hydrogens (tertiary/aromatic N) is 1. The van der Waals surface area contributed by atoms with Crippen LogP contribution < -0.4 is 34.7 Å². The van der Waals surface area contributed by atoms with Gasteiger partial charge in [0.1, 0.15) is 0 Å². The second-order valence-corrected chi connectivity index (χ2v) is 5.41. The van der Waals surface area contributed by atoms with Crippen LogP contribution in [0.25, 0.3) is 0 Å².